The molecule has 0 bridgehead atoms. The van der Waals surface area contributed by atoms with E-state index in [9.17, 15) is 5.11 Å². The molecule has 2 saturated carbocycles. The smallest absolute Gasteiger partial charge is 0.0771 e. The monoisotopic (exact) mass is 169 g/mol. The second-order valence-electron chi connectivity index (χ2n) is 4.63. The van der Waals surface area contributed by atoms with Crippen LogP contribution in [-0.2, 0) is 0 Å². The summed E-state index contributed by atoms with van der Waals surface area (Å²) in [5.41, 5.74) is -0.359. The Balaban J connectivity index is 1.71. The van der Waals surface area contributed by atoms with Crippen molar-refractivity contribution in [1.82, 2.24) is 5.32 Å². The summed E-state index contributed by atoms with van der Waals surface area (Å²) in [4.78, 5) is 0. The number of nitrogens with one attached hydrogen (secondary N) is 1. The van der Waals surface area contributed by atoms with Crippen molar-refractivity contribution in [2.24, 2.45) is 5.92 Å². The Kier molecular flexibility index (Phi) is 2.13. The van der Waals surface area contributed by atoms with Gasteiger partial charge in [-0.15, -0.1) is 0 Å². The minimum atomic E-state index is -0.359. The molecule has 0 radical (unpaired) electrons. The van der Waals surface area contributed by atoms with Gasteiger partial charge in [0.1, 0.15) is 0 Å². The van der Waals surface area contributed by atoms with Gasteiger partial charge in [-0.25, -0.2) is 0 Å². The number of hydrogen-bond acceptors (Lipinski definition) is 2. The first-order chi connectivity index (χ1) is 5.70. The Labute approximate surface area is 74.4 Å². The number of rotatable bonds is 3. The largest absolute Gasteiger partial charge is 0.389 e. The van der Waals surface area contributed by atoms with Crippen molar-refractivity contribution in [1.29, 1.82) is 0 Å². The molecule has 2 fully saturated rings. The fraction of sp³-hybridized carbons (Fsp3) is 1.00. The number of aliphatic hydroxyl groups is 1. The molecule has 2 atom stereocenters. The molecule has 0 heterocycles. The van der Waals surface area contributed by atoms with Crippen LogP contribution in [0.2, 0.25) is 0 Å². The van der Waals surface area contributed by atoms with Crippen LogP contribution >= 0.6 is 0 Å². The molecule has 0 aromatic carbocycles. The van der Waals surface area contributed by atoms with Gasteiger partial charge in [0.05, 0.1) is 5.60 Å². The molecule has 0 aromatic heterocycles. The Morgan fingerprint density at radius 3 is 2.50 bits per heavy atom. The van der Waals surface area contributed by atoms with Crippen LogP contribution in [0.5, 0.6) is 0 Å². The molecule has 0 aliphatic heterocycles. The molecular formula is C10H19NO. The van der Waals surface area contributed by atoms with E-state index in [1.54, 1.807) is 0 Å². The quantitative estimate of drug-likeness (QED) is 0.667. The number of hydrogen-bond donors (Lipinski definition) is 2. The van der Waals surface area contributed by atoms with E-state index in [-0.39, 0.29) is 5.60 Å². The van der Waals surface area contributed by atoms with Crippen LogP contribution in [0.4, 0.5) is 0 Å². The summed E-state index contributed by atoms with van der Waals surface area (Å²) >= 11 is 0. The predicted octanol–water partition coefficient (Wildman–Crippen LogP) is 1.29. The molecule has 2 aliphatic carbocycles. The van der Waals surface area contributed by atoms with E-state index >= 15 is 0 Å². The lowest BCUT2D eigenvalue weighted by atomic mass is 10.0. The van der Waals surface area contributed by atoms with Crippen LogP contribution < -0.4 is 5.32 Å². The van der Waals surface area contributed by atoms with Crippen molar-refractivity contribution < 1.29 is 5.11 Å². The Hall–Kier alpha value is -0.0800. The minimum Gasteiger partial charge on any atom is -0.389 e. The van der Waals surface area contributed by atoms with E-state index in [1.807, 2.05) is 0 Å². The highest BCUT2D eigenvalue weighted by atomic mass is 16.3. The van der Waals surface area contributed by atoms with Gasteiger partial charge in [0.15, 0.2) is 0 Å². The van der Waals surface area contributed by atoms with E-state index < -0.39 is 0 Å². The van der Waals surface area contributed by atoms with Crippen LogP contribution in [0.15, 0.2) is 0 Å². The van der Waals surface area contributed by atoms with Gasteiger partial charge < -0.3 is 10.4 Å². The van der Waals surface area contributed by atoms with Gasteiger partial charge >= 0.3 is 0 Å². The van der Waals surface area contributed by atoms with Gasteiger partial charge in [-0.3, -0.25) is 0 Å². The van der Waals surface area contributed by atoms with E-state index in [0.29, 0.717) is 6.04 Å². The van der Waals surface area contributed by atoms with Gasteiger partial charge in [-0.1, -0.05) is 19.8 Å². The maximum atomic E-state index is 9.99. The molecule has 2 heteroatoms. The summed E-state index contributed by atoms with van der Waals surface area (Å²) in [6, 6.07) is 0.703. The van der Waals surface area contributed by atoms with E-state index in [4.69, 9.17) is 0 Å². The molecule has 0 amide bonds. The Bertz CT molecular complexity index is 163. The average molecular weight is 169 g/mol. The second kappa shape index (κ2) is 3.00. The van der Waals surface area contributed by atoms with E-state index in [0.717, 1.165) is 25.3 Å². The molecule has 0 aromatic rings. The second-order valence-corrected chi connectivity index (χ2v) is 4.63. The molecule has 2 aliphatic rings. The molecule has 2 rings (SSSR count). The highest BCUT2D eigenvalue weighted by molar-refractivity contribution is 4.94. The van der Waals surface area contributed by atoms with Crippen LogP contribution in [0.25, 0.3) is 0 Å². The molecular weight excluding hydrogens is 150 g/mol. The molecule has 2 nitrogen and oxygen atoms in total. The zero-order chi connectivity index (χ0) is 8.60. The average Bonchev–Trinajstić information content (AvgIpc) is 2.55. The normalized spacial score (nSPS) is 38.5. The zero-order valence-electron chi connectivity index (χ0n) is 7.84. The topological polar surface area (TPSA) is 32.3 Å². The first kappa shape index (κ1) is 8.52. The molecule has 12 heavy (non-hydrogen) atoms. The van der Waals surface area contributed by atoms with Crippen molar-refractivity contribution in [2.45, 2.75) is 50.7 Å². The highest BCUT2D eigenvalue weighted by Crippen LogP contribution is 2.32. The lowest BCUT2D eigenvalue weighted by molar-refractivity contribution is 0.0471. The van der Waals surface area contributed by atoms with Crippen molar-refractivity contribution in [3.63, 3.8) is 0 Å². The first-order valence-electron chi connectivity index (χ1n) is 5.15. The van der Waals surface area contributed by atoms with Crippen molar-refractivity contribution in [3.8, 4) is 0 Å². The van der Waals surface area contributed by atoms with Crippen LogP contribution in [0.3, 0.4) is 0 Å². The van der Waals surface area contributed by atoms with Crippen molar-refractivity contribution in [3.05, 3.63) is 0 Å². The maximum Gasteiger partial charge on any atom is 0.0771 e. The lowest BCUT2D eigenvalue weighted by Gasteiger charge is -2.22. The van der Waals surface area contributed by atoms with Gasteiger partial charge in [-0.2, -0.15) is 0 Å². The van der Waals surface area contributed by atoms with Gasteiger partial charge in [-0.05, 0) is 25.2 Å². The Morgan fingerprint density at radius 2 is 2.00 bits per heavy atom. The third-order valence-corrected chi connectivity index (χ3v) is 3.34. The standard InChI is InChI=1S/C10H19NO/c1-8-6-9(8)11-7-10(12)4-2-3-5-10/h8-9,11-12H,2-7H2,1H3. The van der Waals surface area contributed by atoms with Gasteiger partial charge in [0, 0.05) is 12.6 Å². The van der Waals surface area contributed by atoms with E-state index in [1.165, 1.54) is 19.3 Å². The van der Waals surface area contributed by atoms with Gasteiger partial charge in [0.2, 0.25) is 0 Å². The van der Waals surface area contributed by atoms with Crippen LogP contribution in [0, 0.1) is 5.92 Å². The summed E-state index contributed by atoms with van der Waals surface area (Å²) < 4.78 is 0. The summed E-state index contributed by atoms with van der Waals surface area (Å²) in [7, 11) is 0. The lowest BCUT2D eigenvalue weighted by Crippen LogP contribution is -2.39. The molecule has 2 N–H and O–H groups in total. The van der Waals surface area contributed by atoms with Crippen LogP contribution in [0.1, 0.15) is 39.0 Å². The first-order valence-corrected chi connectivity index (χ1v) is 5.15. The molecule has 2 unspecified atom stereocenters. The summed E-state index contributed by atoms with van der Waals surface area (Å²) in [6.07, 6.45) is 5.72. The van der Waals surface area contributed by atoms with Crippen LogP contribution in [-0.4, -0.2) is 23.3 Å². The highest BCUT2D eigenvalue weighted by Gasteiger charge is 2.36. The molecule has 0 spiro atoms. The van der Waals surface area contributed by atoms with Crippen molar-refractivity contribution >= 4 is 0 Å². The van der Waals surface area contributed by atoms with E-state index in [2.05, 4.69) is 12.2 Å². The molecule has 0 saturated heterocycles. The summed E-state index contributed by atoms with van der Waals surface area (Å²) in [5, 5.41) is 13.4. The fourth-order valence-electron chi connectivity index (χ4n) is 2.14. The molecule has 70 valence electrons. The maximum absolute atomic E-state index is 9.99. The third-order valence-electron chi connectivity index (χ3n) is 3.34. The van der Waals surface area contributed by atoms with Crippen molar-refractivity contribution in [2.75, 3.05) is 6.54 Å². The summed E-state index contributed by atoms with van der Waals surface area (Å²) in [5.74, 6) is 0.843. The van der Waals surface area contributed by atoms with Gasteiger partial charge in [0.25, 0.3) is 0 Å². The predicted molar refractivity (Wildman–Crippen MR) is 49.0 cm³/mol. The summed E-state index contributed by atoms with van der Waals surface area (Å²) in [6.45, 7) is 3.08. The SMILES string of the molecule is CC1CC1NCC1(O)CCCC1. The Morgan fingerprint density at radius 1 is 1.42 bits per heavy atom. The zero-order valence-corrected chi connectivity index (χ0v) is 7.84. The minimum absolute atomic E-state index is 0.359. The third kappa shape index (κ3) is 1.80. The fourth-order valence-corrected chi connectivity index (χ4v) is 2.14.